The first kappa shape index (κ1) is 24.8. The Morgan fingerprint density at radius 3 is 2.31 bits per heavy atom. The van der Waals surface area contributed by atoms with Crippen LogP contribution in [0.15, 0.2) is 48.5 Å². The minimum absolute atomic E-state index is 0.00421. The first-order valence-corrected chi connectivity index (χ1v) is 12.6. The quantitative estimate of drug-likeness (QED) is 0.453. The average molecular weight is 479 g/mol. The lowest BCUT2D eigenvalue weighted by molar-refractivity contribution is -0.137. The number of ether oxygens (including phenoxy) is 1. The summed E-state index contributed by atoms with van der Waals surface area (Å²) >= 11 is 0. The fourth-order valence-corrected chi connectivity index (χ4v) is 5.36. The Balaban J connectivity index is 1.27. The Morgan fingerprint density at radius 2 is 1.69 bits per heavy atom. The summed E-state index contributed by atoms with van der Waals surface area (Å²) in [6.07, 6.45) is 3.82. The molecule has 3 N–H and O–H groups in total. The zero-order valence-corrected chi connectivity index (χ0v) is 20.2. The van der Waals surface area contributed by atoms with Gasteiger partial charge in [0.15, 0.2) is 0 Å². The molecule has 2 aromatic carbocycles. The highest BCUT2D eigenvalue weighted by molar-refractivity contribution is 5.81. The number of nitrogens with one attached hydrogen (secondary N) is 2. The van der Waals surface area contributed by atoms with Crippen LogP contribution in [0.25, 0.3) is 11.1 Å². The van der Waals surface area contributed by atoms with E-state index in [0.29, 0.717) is 25.7 Å². The molecule has 0 heterocycles. The van der Waals surface area contributed by atoms with Crippen molar-refractivity contribution in [1.29, 1.82) is 0 Å². The number of carbonyl (C=O) groups is 3. The molecule has 0 spiro atoms. The number of hydrogen-bond acceptors (Lipinski definition) is 4. The molecule has 0 bridgehead atoms. The first-order valence-electron chi connectivity index (χ1n) is 12.6. The lowest BCUT2D eigenvalue weighted by Gasteiger charge is -2.20. The van der Waals surface area contributed by atoms with Crippen LogP contribution in [0.2, 0.25) is 0 Å². The molecule has 0 saturated heterocycles. The van der Waals surface area contributed by atoms with Gasteiger partial charge in [-0.2, -0.15) is 0 Å². The molecule has 2 aromatic rings. The molecule has 1 fully saturated rings. The topological polar surface area (TPSA) is 105 Å². The Hall–Kier alpha value is -3.35. The molecule has 0 unspecified atom stereocenters. The maximum Gasteiger partial charge on any atom is 0.407 e. The van der Waals surface area contributed by atoms with E-state index in [1.54, 1.807) is 0 Å². The van der Waals surface area contributed by atoms with Gasteiger partial charge in [-0.05, 0) is 47.9 Å². The Labute approximate surface area is 206 Å². The van der Waals surface area contributed by atoms with E-state index in [1.165, 1.54) is 11.1 Å². The van der Waals surface area contributed by atoms with E-state index in [0.717, 1.165) is 24.0 Å². The molecule has 2 aliphatic carbocycles. The van der Waals surface area contributed by atoms with Crippen LogP contribution in [-0.4, -0.2) is 41.8 Å². The number of amides is 2. The lowest BCUT2D eigenvalue weighted by Crippen LogP contribution is -2.40. The molecule has 7 nitrogen and oxygen atoms in total. The molecule has 2 amide bonds. The van der Waals surface area contributed by atoms with Crippen molar-refractivity contribution in [3.8, 4) is 11.1 Å². The molecule has 0 radical (unpaired) electrons. The third-order valence-corrected chi connectivity index (χ3v) is 7.14. The monoisotopic (exact) mass is 478 g/mol. The van der Waals surface area contributed by atoms with Gasteiger partial charge in [0.05, 0.1) is 6.42 Å². The van der Waals surface area contributed by atoms with Gasteiger partial charge in [-0.3, -0.25) is 9.59 Å². The Morgan fingerprint density at radius 1 is 1.03 bits per heavy atom. The summed E-state index contributed by atoms with van der Waals surface area (Å²) in [5.74, 6) is -1.26. The van der Waals surface area contributed by atoms with Crippen LogP contribution in [0.5, 0.6) is 0 Å². The maximum atomic E-state index is 12.7. The highest BCUT2D eigenvalue weighted by Gasteiger charge is 2.33. The van der Waals surface area contributed by atoms with E-state index >= 15 is 0 Å². The largest absolute Gasteiger partial charge is 0.481 e. The highest BCUT2D eigenvalue weighted by Crippen LogP contribution is 2.44. The summed E-state index contributed by atoms with van der Waals surface area (Å²) in [4.78, 5) is 36.4. The van der Waals surface area contributed by atoms with Crippen molar-refractivity contribution < 1.29 is 24.2 Å². The molecule has 2 aliphatic rings. The highest BCUT2D eigenvalue weighted by atomic mass is 16.5. The van der Waals surface area contributed by atoms with Gasteiger partial charge >= 0.3 is 12.1 Å². The van der Waals surface area contributed by atoms with E-state index in [2.05, 4.69) is 34.9 Å². The Bertz CT molecular complexity index is 1020. The fraction of sp³-hybridized carbons (Fsp3) is 0.464. The fourth-order valence-electron chi connectivity index (χ4n) is 5.36. The zero-order chi connectivity index (χ0) is 24.8. The molecule has 3 atom stereocenters. The van der Waals surface area contributed by atoms with E-state index in [-0.39, 0.29) is 42.9 Å². The molecular formula is C28H34N2O5. The van der Waals surface area contributed by atoms with Gasteiger partial charge in [0, 0.05) is 23.9 Å². The van der Waals surface area contributed by atoms with Gasteiger partial charge < -0.3 is 20.5 Å². The molecule has 35 heavy (non-hydrogen) atoms. The number of carboxylic acid groups (broad SMARTS) is 1. The molecule has 0 aromatic heterocycles. The first-order chi connectivity index (χ1) is 17.0. The summed E-state index contributed by atoms with van der Waals surface area (Å²) in [7, 11) is 0. The van der Waals surface area contributed by atoms with Crippen LogP contribution in [0.4, 0.5) is 4.79 Å². The number of benzene rings is 2. The second-order valence-electron chi connectivity index (χ2n) is 9.62. The maximum absolute atomic E-state index is 12.7. The molecule has 4 rings (SSSR count). The third-order valence-electron chi connectivity index (χ3n) is 7.14. The zero-order valence-electron chi connectivity index (χ0n) is 20.2. The average Bonchev–Trinajstić information content (AvgIpc) is 3.43. The smallest absolute Gasteiger partial charge is 0.407 e. The van der Waals surface area contributed by atoms with E-state index in [1.807, 2.05) is 31.2 Å². The van der Waals surface area contributed by atoms with Crippen molar-refractivity contribution in [1.82, 2.24) is 10.6 Å². The molecule has 7 heteroatoms. The van der Waals surface area contributed by atoms with Crippen molar-refractivity contribution in [2.75, 3.05) is 6.61 Å². The summed E-state index contributed by atoms with van der Waals surface area (Å²) in [6.45, 7) is 2.29. The minimum Gasteiger partial charge on any atom is -0.481 e. The normalized spacial score (nSPS) is 19.5. The summed E-state index contributed by atoms with van der Waals surface area (Å²) in [5.41, 5.74) is 4.69. The molecule has 0 aliphatic heterocycles. The second kappa shape index (κ2) is 11.4. The van der Waals surface area contributed by atoms with Gasteiger partial charge in [-0.1, -0.05) is 68.3 Å². The number of carbonyl (C=O) groups excluding carboxylic acids is 2. The van der Waals surface area contributed by atoms with Gasteiger partial charge in [0.25, 0.3) is 0 Å². The number of alkyl carbamates (subject to hydrolysis) is 1. The van der Waals surface area contributed by atoms with E-state index in [9.17, 15) is 14.4 Å². The summed E-state index contributed by atoms with van der Waals surface area (Å²) in [6, 6.07) is 15.9. The van der Waals surface area contributed by atoms with Crippen LogP contribution in [-0.2, 0) is 14.3 Å². The predicted molar refractivity (Wildman–Crippen MR) is 133 cm³/mol. The third kappa shape index (κ3) is 6.02. The number of carboxylic acids is 1. The van der Waals surface area contributed by atoms with E-state index in [4.69, 9.17) is 9.84 Å². The van der Waals surface area contributed by atoms with Crippen molar-refractivity contribution in [2.45, 2.75) is 69.9 Å². The Kier molecular flexibility index (Phi) is 8.06. The van der Waals surface area contributed by atoms with E-state index < -0.39 is 12.1 Å². The van der Waals surface area contributed by atoms with Crippen LogP contribution >= 0.6 is 0 Å². The lowest BCUT2D eigenvalue weighted by atomic mass is 9.98. The van der Waals surface area contributed by atoms with Crippen LogP contribution in [0, 0.1) is 5.92 Å². The van der Waals surface area contributed by atoms with Gasteiger partial charge in [0.1, 0.15) is 6.61 Å². The number of aliphatic carboxylic acids is 1. The molecule has 186 valence electrons. The van der Waals surface area contributed by atoms with Crippen molar-refractivity contribution in [2.24, 2.45) is 5.92 Å². The summed E-state index contributed by atoms with van der Waals surface area (Å²) < 4.78 is 5.63. The van der Waals surface area contributed by atoms with Gasteiger partial charge in [0.2, 0.25) is 5.91 Å². The van der Waals surface area contributed by atoms with Crippen molar-refractivity contribution in [3.63, 3.8) is 0 Å². The number of hydrogen-bond donors (Lipinski definition) is 3. The van der Waals surface area contributed by atoms with Crippen LogP contribution in [0.3, 0.4) is 0 Å². The standard InChI is InChI=1S/C28H34N2O5/c1-2-3-8-19(16-26(31)32)29-27(33)18-13-14-20(15-18)30-28(34)35-17-25-23-11-6-4-9-21(23)22-10-5-7-12-24(22)25/h4-7,9-12,18-20,25H,2-3,8,13-17H2,1H3,(H,29,33)(H,30,34)(H,31,32)/t18-,19-,20+/m0/s1. The van der Waals surface area contributed by atoms with Gasteiger partial charge in [-0.15, -0.1) is 0 Å². The number of unbranched alkanes of at least 4 members (excludes halogenated alkanes) is 1. The van der Waals surface area contributed by atoms with Gasteiger partial charge in [-0.25, -0.2) is 4.79 Å². The minimum atomic E-state index is -0.910. The number of rotatable bonds is 10. The summed E-state index contributed by atoms with van der Waals surface area (Å²) in [5, 5.41) is 15.0. The van der Waals surface area contributed by atoms with Crippen LogP contribution in [0.1, 0.15) is 68.9 Å². The molecule has 1 saturated carbocycles. The molecular weight excluding hydrogens is 444 g/mol. The SMILES string of the molecule is CCCC[C@@H](CC(=O)O)NC(=O)[C@H]1CC[C@@H](NC(=O)OCC2c3ccccc3-c3ccccc32)C1. The van der Waals surface area contributed by atoms with Crippen molar-refractivity contribution >= 4 is 18.0 Å². The van der Waals surface area contributed by atoms with Crippen molar-refractivity contribution in [3.05, 3.63) is 59.7 Å². The van der Waals surface area contributed by atoms with Crippen LogP contribution < -0.4 is 10.6 Å². The predicted octanol–water partition coefficient (Wildman–Crippen LogP) is 4.84. The second-order valence-corrected chi connectivity index (χ2v) is 9.62. The number of fused-ring (bicyclic) bond motifs is 3.